The molecular formula is C25H30N2O2S. The van der Waals surface area contributed by atoms with Gasteiger partial charge in [-0.15, -0.1) is 0 Å². The van der Waals surface area contributed by atoms with Crippen LogP contribution in [-0.4, -0.2) is 25.8 Å². The highest BCUT2D eigenvalue weighted by Crippen LogP contribution is 2.50. The van der Waals surface area contributed by atoms with Gasteiger partial charge >= 0.3 is 0 Å². The molecule has 3 atom stereocenters. The highest BCUT2D eigenvalue weighted by molar-refractivity contribution is 7.89. The van der Waals surface area contributed by atoms with Gasteiger partial charge < -0.3 is 5.32 Å². The number of sulfonamides is 1. The van der Waals surface area contributed by atoms with E-state index in [1.807, 2.05) is 12.1 Å². The molecule has 0 amide bonds. The van der Waals surface area contributed by atoms with Crippen molar-refractivity contribution in [1.82, 2.24) is 4.31 Å². The second-order valence-electron chi connectivity index (χ2n) is 8.95. The standard InChI is InChI=1S/C25H30N2O2S/c1-18-9-11-19(12-10-18)25-22-8-6-7-21(22)23-17-20(13-14-24(23)26-25)30(28,29)27-15-4-2-3-5-16-27/h6-7,9-14,17,21-22,25-26H,2-5,8,15-16H2,1H3. The minimum absolute atomic E-state index is 0.242. The molecule has 0 aromatic heterocycles. The van der Waals surface area contributed by atoms with Crippen LogP contribution in [0.1, 0.15) is 60.8 Å². The quantitative estimate of drug-likeness (QED) is 0.675. The topological polar surface area (TPSA) is 49.4 Å². The fourth-order valence-corrected chi connectivity index (χ4v) is 6.82. The van der Waals surface area contributed by atoms with Crippen LogP contribution in [0.2, 0.25) is 0 Å². The maximum absolute atomic E-state index is 13.3. The number of nitrogens with zero attached hydrogens (tertiary/aromatic N) is 1. The van der Waals surface area contributed by atoms with Gasteiger partial charge in [-0.05, 0) is 61.4 Å². The van der Waals surface area contributed by atoms with Crippen molar-refractivity contribution < 1.29 is 8.42 Å². The van der Waals surface area contributed by atoms with Crippen molar-refractivity contribution in [2.45, 2.75) is 55.9 Å². The SMILES string of the molecule is Cc1ccc(C2Nc3ccc(S(=O)(=O)N4CCCCCC4)cc3C3C=CCC32)cc1. The van der Waals surface area contributed by atoms with Crippen molar-refractivity contribution in [2.75, 3.05) is 18.4 Å². The summed E-state index contributed by atoms with van der Waals surface area (Å²) >= 11 is 0. The van der Waals surface area contributed by atoms with E-state index in [2.05, 4.69) is 48.7 Å². The molecule has 2 aliphatic heterocycles. The van der Waals surface area contributed by atoms with Crippen molar-refractivity contribution in [2.24, 2.45) is 5.92 Å². The first-order chi connectivity index (χ1) is 14.5. The Bertz CT molecular complexity index is 1050. The van der Waals surface area contributed by atoms with Gasteiger partial charge in [-0.1, -0.05) is 54.8 Å². The van der Waals surface area contributed by atoms with Crippen LogP contribution in [0.5, 0.6) is 0 Å². The highest BCUT2D eigenvalue weighted by Gasteiger charge is 2.38. The van der Waals surface area contributed by atoms with Gasteiger partial charge in [0.05, 0.1) is 10.9 Å². The van der Waals surface area contributed by atoms with E-state index in [4.69, 9.17) is 0 Å². The third kappa shape index (κ3) is 3.48. The van der Waals surface area contributed by atoms with Gasteiger partial charge in [0.2, 0.25) is 10.0 Å². The third-order valence-electron chi connectivity index (χ3n) is 6.97. The maximum Gasteiger partial charge on any atom is 0.243 e. The Kier molecular flexibility index (Phi) is 5.19. The van der Waals surface area contributed by atoms with E-state index < -0.39 is 10.0 Å². The second kappa shape index (κ2) is 7.86. The number of rotatable bonds is 3. The molecule has 2 aromatic rings. The lowest BCUT2D eigenvalue weighted by Gasteiger charge is -2.38. The number of hydrogen-bond donors (Lipinski definition) is 1. The zero-order valence-electron chi connectivity index (χ0n) is 17.5. The van der Waals surface area contributed by atoms with Crippen LogP contribution in [0.15, 0.2) is 59.5 Å². The molecule has 30 heavy (non-hydrogen) atoms. The van der Waals surface area contributed by atoms with Crippen molar-refractivity contribution >= 4 is 15.7 Å². The van der Waals surface area contributed by atoms with Crippen LogP contribution in [0.25, 0.3) is 0 Å². The van der Waals surface area contributed by atoms with E-state index in [1.165, 1.54) is 11.1 Å². The number of benzene rings is 2. The second-order valence-corrected chi connectivity index (χ2v) is 10.9. The summed E-state index contributed by atoms with van der Waals surface area (Å²) in [6.07, 6.45) is 9.69. The number of hydrogen-bond acceptors (Lipinski definition) is 3. The summed E-state index contributed by atoms with van der Waals surface area (Å²) in [6.45, 7) is 3.39. The van der Waals surface area contributed by atoms with Gasteiger partial charge in [0.1, 0.15) is 0 Å². The zero-order chi connectivity index (χ0) is 20.7. The highest BCUT2D eigenvalue weighted by atomic mass is 32.2. The molecule has 0 saturated carbocycles. The summed E-state index contributed by atoms with van der Waals surface area (Å²) in [5.41, 5.74) is 4.74. The van der Waals surface area contributed by atoms with Crippen LogP contribution in [0.4, 0.5) is 5.69 Å². The predicted molar refractivity (Wildman–Crippen MR) is 121 cm³/mol. The first kappa shape index (κ1) is 19.8. The van der Waals surface area contributed by atoms with Gasteiger partial charge in [-0.2, -0.15) is 4.31 Å². The number of aryl methyl sites for hydroxylation is 1. The molecule has 0 spiro atoms. The van der Waals surface area contributed by atoms with E-state index in [1.54, 1.807) is 10.4 Å². The molecule has 2 aromatic carbocycles. The maximum atomic E-state index is 13.3. The number of anilines is 1. The van der Waals surface area contributed by atoms with Gasteiger partial charge in [-0.25, -0.2) is 8.42 Å². The van der Waals surface area contributed by atoms with Gasteiger partial charge in [0.15, 0.2) is 0 Å². The lowest BCUT2D eigenvalue weighted by Crippen LogP contribution is -2.33. The van der Waals surface area contributed by atoms with E-state index in [0.29, 0.717) is 23.9 Å². The monoisotopic (exact) mass is 422 g/mol. The molecule has 5 rings (SSSR count). The number of fused-ring (bicyclic) bond motifs is 3. The predicted octanol–water partition coefficient (Wildman–Crippen LogP) is 5.39. The number of allylic oxidation sites excluding steroid dienone is 2. The molecule has 0 bridgehead atoms. The summed E-state index contributed by atoms with van der Waals surface area (Å²) in [5, 5.41) is 3.72. The van der Waals surface area contributed by atoms with Gasteiger partial charge in [-0.3, -0.25) is 0 Å². The van der Waals surface area contributed by atoms with E-state index in [-0.39, 0.29) is 12.0 Å². The Morgan fingerprint density at radius 2 is 1.70 bits per heavy atom. The van der Waals surface area contributed by atoms with Gasteiger partial charge in [0.25, 0.3) is 0 Å². The van der Waals surface area contributed by atoms with Crippen LogP contribution >= 0.6 is 0 Å². The summed E-state index contributed by atoms with van der Waals surface area (Å²) < 4.78 is 28.3. The fraction of sp³-hybridized carbons (Fsp3) is 0.440. The molecule has 1 aliphatic carbocycles. The molecule has 0 radical (unpaired) electrons. The average molecular weight is 423 g/mol. The first-order valence-corrected chi connectivity index (χ1v) is 12.6. The van der Waals surface area contributed by atoms with E-state index in [9.17, 15) is 8.42 Å². The molecule has 158 valence electrons. The van der Waals surface area contributed by atoms with Crippen molar-refractivity contribution in [1.29, 1.82) is 0 Å². The largest absolute Gasteiger partial charge is 0.378 e. The third-order valence-corrected chi connectivity index (χ3v) is 8.87. The Balaban J connectivity index is 1.49. The fourth-order valence-electron chi connectivity index (χ4n) is 5.27. The normalized spacial score (nSPS) is 26.5. The molecule has 5 heteroatoms. The summed E-state index contributed by atoms with van der Waals surface area (Å²) in [5.74, 6) is 0.670. The summed E-state index contributed by atoms with van der Waals surface area (Å²) in [6, 6.07) is 14.7. The molecule has 1 saturated heterocycles. The smallest absolute Gasteiger partial charge is 0.243 e. The van der Waals surface area contributed by atoms with E-state index in [0.717, 1.165) is 43.4 Å². The van der Waals surface area contributed by atoms with Crippen molar-refractivity contribution in [3.8, 4) is 0 Å². The minimum Gasteiger partial charge on any atom is -0.378 e. The molecule has 4 nitrogen and oxygen atoms in total. The lowest BCUT2D eigenvalue weighted by molar-refractivity contribution is 0.419. The molecule has 1 fully saturated rings. The molecule has 3 aliphatic rings. The van der Waals surface area contributed by atoms with Crippen molar-refractivity contribution in [3.05, 3.63) is 71.3 Å². The van der Waals surface area contributed by atoms with Crippen LogP contribution in [0.3, 0.4) is 0 Å². The van der Waals surface area contributed by atoms with Crippen molar-refractivity contribution in [3.63, 3.8) is 0 Å². The average Bonchev–Trinajstić information content (AvgIpc) is 3.08. The van der Waals surface area contributed by atoms with Crippen LogP contribution in [0, 0.1) is 12.8 Å². The van der Waals surface area contributed by atoms with Gasteiger partial charge in [0, 0.05) is 24.7 Å². The van der Waals surface area contributed by atoms with Crippen LogP contribution < -0.4 is 5.32 Å². The Morgan fingerprint density at radius 3 is 2.43 bits per heavy atom. The first-order valence-electron chi connectivity index (χ1n) is 11.2. The number of nitrogens with one attached hydrogen (secondary N) is 1. The molecule has 1 N–H and O–H groups in total. The molecule has 3 unspecified atom stereocenters. The molecular weight excluding hydrogens is 392 g/mol. The zero-order valence-corrected chi connectivity index (χ0v) is 18.4. The minimum atomic E-state index is -3.44. The lowest BCUT2D eigenvalue weighted by atomic mass is 9.77. The van der Waals surface area contributed by atoms with Crippen LogP contribution in [-0.2, 0) is 10.0 Å². The van der Waals surface area contributed by atoms with E-state index >= 15 is 0 Å². The summed E-state index contributed by atoms with van der Waals surface area (Å²) in [4.78, 5) is 0.442. The summed E-state index contributed by atoms with van der Waals surface area (Å²) in [7, 11) is -3.44. The Labute approximate surface area is 180 Å². The Morgan fingerprint density at radius 1 is 0.967 bits per heavy atom. The molecule has 2 heterocycles. The Hall–Kier alpha value is -2.11.